The summed E-state index contributed by atoms with van der Waals surface area (Å²) in [6.07, 6.45) is 0.232. The molecule has 13 heavy (non-hydrogen) atoms. The Hall–Kier alpha value is -0.440. The van der Waals surface area contributed by atoms with Gasteiger partial charge in [-0.2, -0.15) is 0 Å². The zero-order chi connectivity index (χ0) is 9.26. The van der Waals surface area contributed by atoms with Crippen molar-refractivity contribution in [1.82, 2.24) is 0 Å². The molecule has 1 aromatic rings. The maximum absolute atomic E-state index is 5.90. The Balaban J connectivity index is 2.05. The Morgan fingerprint density at radius 1 is 1.46 bits per heavy atom. The molecule has 0 N–H and O–H groups in total. The van der Waals surface area contributed by atoms with E-state index >= 15 is 0 Å². The third kappa shape index (κ3) is 2.27. The van der Waals surface area contributed by atoms with Gasteiger partial charge in [-0.1, -0.05) is 29.3 Å². The predicted molar refractivity (Wildman–Crippen MR) is 51.7 cm³/mol. The number of hydrogen-bond acceptors (Lipinski definition) is 2. The van der Waals surface area contributed by atoms with Gasteiger partial charge < -0.3 is 9.47 Å². The van der Waals surface area contributed by atoms with E-state index in [1.54, 1.807) is 18.2 Å². The van der Waals surface area contributed by atoms with Crippen LogP contribution in [0.3, 0.4) is 0 Å². The molecular weight excluding hydrogens is 211 g/mol. The molecule has 0 radical (unpaired) electrons. The van der Waals surface area contributed by atoms with Crippen LogP contribution in [0.25, 0.3) is 0 Å². The van der Waals surface area contributed by atoms with E-state index in [4.69, 9.17) is 32.7 Å². The molecular formula is C9H8Cl2O2. The highest BCUT2D eigenvalue weighted by Crippen LogP contribution is 2.31. The van der Waals surface area contributed by atoms with Crippen molar-refractivity contribution >= 4 is 23.2 Å². The van der Waals surface area contributed by atoms with Gasteiger partial charge in [0.25, 0.3) is 0 Å². The van der Waals surface area contributed by atoms with Crippen molar-refractivity contribution < 1.29 is 9.47 Å². The van der Waals surface area contributed by atoms with Crippen LogP contribution in [0.2, 0.25) is 10.0 Å². The van der Waals surface area contributed by atoms with E-state index in [1.807, 2.05) is 0 Å². The molecule has 0 spiro atoms. The minimum Gasteiger partial charge on any atom is -0.489 e. The summed E-state index contributed by atoms with van der Waals surface area (Å²) in [5.74, 6) is 0.615. The maximum atomic E-state index is 5.90. The van der Waals surface area contributed by atoms with Gasteiger partial charge in [-0.3, -0.25) is 0 Å². The molecule has 1 aliphatic heterocycles. The predicted octanol–water partition coefficient (Wildman–Crippen LogP) is 2.77. The van der Waals surface area contributed by atoms with Crippen LogP contribution in [0.15, 0.2) is 18.2 Å². The molecule has 1 saturated heterocycles. The highest BCUT2D eigenvalue weighted by molar-refractivity contribution is 6.42. The Morgan fingerprint density at radius 2 is 2.23 bits per heavy atom. The zero-order valence-corrected chi connectivity index (χ0v) is 8.31. The van der Waals surface area contributed by atoms with Crippen LogP contribution in [-0.4, -0.2) is 19.3 Å². The lowest BCUT2D eigenvalue weighted by molar-refractivity contribution is 0.263. The topological polar surface area (TPSA) is 21.8 Å². The summed E-state index contributed by atoms with van der Waals surface area (Å²) >= 11 is 11.7. The third-order valence-corrected chi connectivity index (χ3v) is 2.54. The third-order valence-electron chi connectivity index (χ3n) is 1.74. The molecule has 1 aliphatic rings. The standard InChI is InChI=1S/C9H8Cl2O2/c10-7-2-1-3-8(9(7)11)13-5-6-4-12-6/h1-3,6H,4-5H2/t6-/m0/s1. The van der Waals surface area contributed by atoms with Gasteiger partial charge in [-0.25, -0.2) is 0 Å². The molecule has 1 aromatic carbocycles. The highest BCUT2D eigenvalue weighted by Gasteiger charge is 2.23. The van der Waals surface area contributed by atoms with E-state index in [-0.39, 0.29) is 6.10 Å². The summed E-state index contributed by atoms with van der Waals surface area (Å²) in [5.41, 5.74) is 0. The molecule has 0 unspecified atom stereocenters. The fraction of sp³-hybridized carbons (Fsp3) is 0.333. The second kappa shape index (κ2) is 3.74. The zero-order valence-electron chi connectivity index (χ0n) is 6.80. The summed E-state index contributed by atoms with van der Waals surface area (Å²) in [4.78, 5) is 0. The molecule has 1 atom stereocenters. The second-order valence-corrected chi connectivity index (χ2v) is 3.60. The largest absolute Gasteiger partial charge is 0.489 e. The van der Waals surface area contributed by atoms with Gasteiger partial charge in [0.05, 0.1) is 11.6 Å². The van der Waals surface area contributed by atoms with Gasteiger partial charge in [0, 0.05) is 0 Å². The molecule has 4 heteroatoms. The van der Waals surface area contributed by atoms with E-state index in [2.05, 4.69) is 0 Å². The molecule has 70 valence electrons. The number of benzene rings is 1. The molecule has 1 heterocycles. The second-order valence-electron chi connectivity index (χ2n) is 2.82. The molecule has 0 aliphatic carbocycles. The molecule has 0 saturated carbocycles. The van der Waals surface area contributed by atoms with Crippen LogP contribution in [0.4, 0.5) is 0 Å². The fourth-order valence-corrected chi connectivity index (χ4v) is 1.29. The van der Waals surface area contributed by atoms with Crippen LogP contribution >= 0.6 is 23.2 Å². The monoisotopic (exact) mass is 218 g/mol. The first kappa shape index (κ1) is 9.13. The van der Waals surface area contributed by atoms with E-state index < -0.39 is 0 Å². The Kier molecular flexibility index (Phi) is 2.63. The Labute approximate surface area is 86.4 Å². The Morgan fingerprint density at radius 3 is 2.92 bits per heavy atom. The van der Waals surface area contributed by atoms with Crippen molar-refractivity contribution in [3.05, 3.63) is 28.2 Å². The maximum Gasteiger partial charge on any atom is 0.139 e. The van der Waals surface area contributed by atoms with Gasteiger partial charge in [0.2, 0.25) is 0 Å². The number of halogens is 2. The number of hydrogen-bond donors (Lipinski definition) is 0. The minimum atomic E-state index is 0.232. The molecule has 1 fully saturated rings. The SMILES string of the molecule is Clc1cccc(OC[C@@H]2CO2)c1Cl. The molecule has 0 bridgehead atoms. The van der Waals surface area contributed by atoms with Crippen LogP contribution in [0.5, 0.6) is 5.75 Å². The number of rotatable bonds is 3. The van der Waals surface area contributed by atoms with Crippen molar-refractivity contribution in [2.24, 2.45) is 0 Å². The van der Waals surface area contributed by atoms with Gasteiger partial charge >= 0.3 is 0 Å². The van der Waals surface area contributed by atoms with Crippen molar-refractivity contribution in [2.45, 2.75) is 6.10 Å². The molecule has 2 nitrogen and oxygen atoms in total. The van der Waals surface area contributed by atoms with Gasteiger partial charge in [0.15, 0.2) is 0 Å². The summed E-state index contributed by atoms with van der Waals surface area (Å²) in [6.45, 7) is 1.32. The smallest absolute Gasteiger partial charge is 0.139 e. The quantitative estimate of drug-likeness (QED) is 0.729. The number of epoxide rings is 1. The van der Waals surface area contributed by atoms with Crippen LogP contribution < -0.4 is 4.74 Å². The lowest BCUT2D eigenvalue weighted by atomic mass is 10.3. The highest BCUT2D eigenvalue weighted by atomic mass is 35.5. The molecule has 0 aromatic heterocycles. The summed E-state index contributed by atoms with van der Waals surface area (Å²) in [5, 5.41) is 0.973. The van der Waals surface area contributed by atoms with Crippen molar-refractivity contribution in [2.75, 3.05) is 13.2 Å². The van der Waals surface area contributed by atoms with E-state index in [9.17, 15) is 0 Å². The number of ether oxygens (including phenoxy) is 2. The fourth-order valence-electron chi connectivity index (χ4n) is 0.942. The van der Waals surface area contributed by atoms with Gasteiger partial charge in [-0.15, -0.1) is 0 Å². The normalized spacial score (nSPS) is 20.0. The van der Waals surface area contributed by atoms with Crippen molar-refractivity contribution in [3.63, 3.8) is 0 Å². The van der Waals surface area contributed by atoms with E-state index in [0.29, 0.717) is 22.4 Å². The van der Waals surface area contributed by atoms with E-state index in [0.717, 1.165) is 6.61 Å². The van der Waals surface area contributed by atoms with Crippen LogP contribution in [0.1, 0.15) is 0 Å². The van der Waals surface area contributed by atoms with Crippen molar-refractivity contribution in [1.29, 1.82) is 0 Å². The molecule has 0 amide bonds. The summed E-state index contributed by atoms with van der Waals surface area (Å²) < 4.78 is 10.4. The van der Waals surface area contributed by atoms with Crippen molar-refractivity contribution in [3.8, 4) is 5.75 Å². The van der Waals surface area contributed by atoms with Gasteiger partial charge in [-0.05, 0) is 12.1 Å². The van der Waals surface area contributed by atoms with E-state index in [1.165, 1.54) is 0 Å². The first-order valence-corrected chi connectivity index (χ1v) is 4.71. The first-order valence-electron chi connectivity index (χ1n) is 3.96. The average molecular weight is 219 g/mol. The van der Waals surface area contributed by atoms with Gasteiger partial charge in [0.1, 0.15) is 23.5 Å². The average Bonchev–Trinajstić information content (AvgIpc) is 2.91. The first-order chi connectivity index (χ1) is 6.27. The lowest BCUT2D eigenvalue weighted by Crippen LogP contribution is -2.04. The summed E-state index contributed by atoms with van der Waals surface area (Å²) in [7, 11) is 0. The minimum absolute atomic E-state index is 0.232. The Bertz CT molecular complexity index is 310. The lowest BCUT2D eigenvalue weighted by Gasteiger charge is -2.06. The molecule has 2 rings (SSSR count). The van der Waals surface area contributed by atoms with Crippen LogP contribution in [0, 0.1) is 0 Å². The summed E-state index contributed by atoms with van der Waals surface area (Å²) in [6, 6.07) is 5.32. The van der Waals surface area contributed by atoms with Crippen LogP contribution in [-0.2, 0) is 4.74 Å².